The molecule has 0 amide bonds. The largest absolute Gasteiger partial charge is 0.396 e. The van der Waals surface area contributed by atoms with Crippen molar-refractivity contribution in [3.63, 3.8) is 0 Å². The fourth-order valence-electron chi connectivity index (χ4n) is 2.50. The molecule has 0 spiro atoms. The van der Waals surface area contributed by atoms with Crippen LogP contribution in [0.2, 0.25) is 0 Å². The van der Waals surface area contributed by atoms with Crippen LogP contribution in [-0.2, 0) is 6.42 Å². The summed E-state index contributed by atoms with van der Waals surface area (Å²) in [6.07, 6.45) is 2.69. The van der Waals surface area contributed by atoms with E-state index in [0.717, 1.165) is 29.6 Å². The van der Waals surface area contributed by atoms with Gasteiger partial charge in [0, 0.05) is 11.9 Å². The third kappa shape index (κ3) is 2.97. The molecule has 0 radical (unpaired) electrons. The summed E-state index contributed by atoms with van der Waals surface area (Å²) < 4.78 is 0. The van der Waals surface area contributed by atoms with Gasteiger partial charge in [-0.15, -0.1) is 0 Å². The molecule has 3 heteroatoms. The Labute approximate surface area is 124 Å². The van der Waals surface area contributed by atoms with Crippen LogP contribution in [0.5, 0.6) is 0 Å². The summed E-state index contributed by atoms with van der Waals surface area (Å²) in [6.45, 7) is 2.93. The van der Waals surface area contributed by atoms with E-state index in [4.69, 9.17) is 5.73 Å². The van der Waals surface area contributed by atoms with Crippen molar-refractivity contribution in [1.82, 2.24) is 4.98 Å². The highest BCUT2D eigenvalue weighted by atomic mass is 14.9. The molecule has 0 aliphatic heterocycles. The first-order valence-electron chi connectivity index (χ1n) is 7.16. The second kappa shape index (κ2) is 5.83. The van der Waals surface area contributed by atoms with Crippen molar-refractivity contribution in [3.05, 3.63) is 65.9 Å². The van der Waals surface area contributed by atoms with Gasteiger partial charge in [-0.3, -0.25) is 4.98 Å². The Balaban J connectivity index is 1.83. The van der Waals surface area contributed by atoms with Crippen molar-refractivity contribution in [3.8, 4) is 0 Å². The van der Waals surface area contributed by atoms with Crippen LogP contribution in [0.25, 0.3) is 10.9 Å². The van der Waals surface area contributed by atoms with Crippen LogP contribution in [-0.4, -0.2) is 11.5 Å². The molecule has 3 aromatic rings. The van der Waals surface area contributed by atoms with Crippen molar-refractivity contribution >= 4 is 22.3 Å². The molecule has 0 aliphatic carbocycles. The van der Waals surface area contributed by atoms with E-state index in [9.17, 15) is 0 Å². The summed E-state index contributed by atoms with van der Waals surface area (Å²) in [4.78, 5) is 4.38. The number of nitrogen functional groups attached to an aromatic ring is 1. The van der Waals surface area contributed by atoms with Gasteiger partial charge in [0.15, 0.2) is 0 Å². The Kier molecular flexibility index (Phi) is 3.73. The summed E-state index contributed by atoms with van der Waals surface area (Å²) in [5, 5.41) is 4.55. The van der Waals surface area contributed by atoms with Crippen molar-refractivity contribution in [2.45, 2.75) is 13.3 Å². The summed E-state index contributed by atoms with van der Waals surface area (Å²) in [7, 11) is 0. The molecule has 3 N–H and O–H groups in total. The average molecular weight is 277 g/mol. The van der Waals surface area contributed by atoms with Crippen LogP contribution >= 0.6 is 0 Å². The zero-order valence-corrected chi connectivity index (χ0v) is 12.1. The molecule has 0 saturated heterocycles. The van der Waals surface area contributed by atoms with Crippen LogP contribution in [0.1, 0.15) is 11.1 Å². The average Bonchev–Trinajstić information content (AvgIpc) is 2.50. The first-order chi connectivity index (χ1) is 10.2. The van der Waals surface area contributed by atoms with Crippen molar-refractivity contribution < 1.29 is 0 Å². The minimum atomic E-state index is 0.696. The fraction of sp³-hybridized carbons (Fsp3) is 0.167. The van der Waals surface area contributed by atoms with Gasteiger partial charge >= 0.3 is 0 Å². The molecule has 0 saturated carbocycles. The Bertz CT molecular complexity index is 746. The maximum absolute atomic E-state index is 6.09. The van der Waals surface area contributed by atoms with Gasteiger partial charge in [0.2, 0.25) is 0 Å². The third-order valence-corrected chi connectivity index (χ3v) is 3.61. The highest BCUT2D eigenvalue weighted by molar-refractivity contribution is 5.97. The molecule has 0 aliphatic rings. The number of benzene rings is 2. The van der Waals surface area contributed by atoms with E-state index in [0.29, 0.717) is 5.69 Å². The van der Waals surface area contributed by atoms with Gasteiger partial charge in [0.25, 0.3) is 0 Å². The first kappa shape index (κ1) is 13.4. The number of nitrogens with zero attached hydrogens (tertiary/aromatic N) is 1. The second-order valence-corrected chi connectivity index (χ2v) is 5.27. The van der Waals surface area contributed by atoms with Crippen LogP contribution in [0, 0.1) is 6.92 Å². The SMILES string of the molecule is Cc1ccc2ncc(N)c(NCCc3ccccc3)c2c1. The lowest BCUT2D eigenvalue weighted by molar-refractivity contribution is 1.02. The standard InChI is InChI=1S/C18H19N3/c1-13-7-8-17-15(11-13)18(16(19)12-21-17)20-10-9-14-5-3-2-4-6-14/h2-8,11-12H,9-10,19H2,1H3,(H,20,21). The fourth-order valence-corrected chi connectivity index (χ4v) is 2.50. The van der Waals surface area contributed by atoms with Crippen LogP contribution in [0.3, 0.4) is 0 Å². The second-order valence-electron chi connectivity index (χ2n) is 5.27. The Morgan fingerprint density at radius 3 is 2.71 bits per heavy atom. The molecular formula is C18H19N3. The van der Waals surface area contributed by atoms with Gasteiger partial charge in [-0.05, 0) is 31.0 Å². The number of rotatable bonds is 4. The number of pyridine rings is 1. The van der Waals surface area contributed by atoms with E-state index in [1.165, 1.54) is 11.1 Å². The lowest BCUT2D eigenvalue weighted by Gasteiger charge is -2.12. The van der Waals surface area contributed by atoms with Crippen molar-refractivity contribution in [2.75, 3.05) is 17.6 Å². The molecule has 1 heterocycles. The third-order valence-electron chi connectivity index (χ3n) is 3.61. The van der Waals surface area contributed by atoms with E-state index >= 15 is 0 Å². The van der Waals surface area contributed by atoms with E-state index in [-0.39, 0.29) is 0 Å². The Morgan fingerprint density at radius 1 is 1.10 bits per heavy atom. The van der Waals surface area contributed by atoms with Gasteiger partial charge in [0.05, 0.1) is 23.1 Å². The highest BCUT2D eigenvalue weighted by Crippen LogP contribution is 2.28. The van der Waals surface area contributed by atoms with Gasteiger partial charge < -0.3 is 11.1 Å². The minimum Gasteiger partial charge on any atom is -0.396 e. The maximum Gasteiger partial charge on any atom is 0.0743 e. The normalized spacial score (nSPS) is 10.7. The number of fused-ring (bicyclic) bond motifs is 1. The number of hydrogen-bond acceptors (Lipinski definition) is 3. The predicted octanol–water partition coefficient (Wildman–Crippen LogP) is 3.78. The number of nitrogens with two attached hydrogens (primary N) is 1. The predicted molar refractivity (Wildman–Crippen MR) is 89.5 cm³/mol. The molecule has 21 heavy (non-hydrogen) atoms. The smallest absolute Gasteiger partial charge is 0.0743 e. The quantitative estimate of drug-likeness (QED) is 0.763. The lowest BCUT2D eigenvalue weighted by atomic mass is 10.1. The number of hydrogen-bond donors (Lipinski definition) is 2. The molecule has 0 unspecified atom stereocenters. The molecule has 0 fully saturated rings. The number of aromatic nitrogens is 1. The minimum absolute atomic E-state index is 0.696. The summed E-state index contributed by atoms with van der Waals surface area (Å²) in [5.41, 5.74) is 11.3. The Morgan fingerprint density at radius 2 is 1.90 bits per heavy atom. The lowest BCUT2D eigenvalue weighted by Crippen LogP contribution is -2.08. The van der Waals surface area contributed by atoms with E-state index in [1.54, 1.807) is 6.20 Å². The Hall–Kier alpha value is -2.55. The zero-order valence-electron chi connectivity index (χ0n) is 12.1. The van der Waals surface area contributed by atoms with Gasteiger partial charge in [0.1, 0.15) is 0 Å². The van der Waals surface area contributed by atoms with E-state index in [2.05, 4.69) is 53.6 Å². The van der Waals surface area contributed by atoms with E-state index < -0.39 is 0 Å². The molecule has 3 rings (SSSR count). The molecule has 0 bridgehead atoms. The molecular weight excluding hydrogens is 258 g/mol. The van der Waals surface area contributed by atoms with Gasteiger partial charge in [-0.25, -0.2) is 0 Å². The van der Waals surface area contributed by atoms with Crippen LogP contribution in [0.4, 0.5) is 11.4 Å². The summed E-state index contributed by atoms with van der Waals surface area (Å²) in [5.74, 6) is 0. The topological polar surface area (TPSA) is 50.9 Å². The molecule has 2 aromatic carbocycles. The molecule has 0 atom stereocenters. The number of nitrogens with one attached hydrogen (secondary N) is 1. The van der Waals surface area contributed by atoms with Crippen LogP contribution < -0.4 is 11.1 Å². The van der Waals surface area contributed by atoms with Gasteiger partial charge in [-0.2, -0.15) is 0 Å². The highest BCUT2D eigenvalue weighted by Gasteiger charge is 2.06. The summed E-state index contributed by atoms with van der Waals surface area (Å²) >= 11 is 0. The van der Waals surface area contributed by atoms with Crippen molar-refractivity contribution in [1.29, 1.82) is 0 Å². The molecule has 3 nitrogen and oxygen atoms in total. The first-order valence-corrected chi connectivity index (χ1v) is 7.16. The van der Waals surface area contributed by atoms with Crippen molar-refractivity contribution in [2.24, 2.45) is 0 Å². The molecule has 1 aromatic heterocycles. The number of anilines is 2. The van der Waals surface area contributed by atoms with Crippen LogP contribution in [0.15, 0.2) is 54.7 Å². The monoisotopic (exact) mass is 277 g/mol. The summed E-state index contributed by atoms with van der Waals surface area (Å²) in [6, 6.07) is 16.7. The van der Waals surface area contributed by atoms with Gasteiger partial charge in [-0.1, -0.05) is 42.0 Å². The van der Waals surface area contributed by atoms with E-state index in [1.807, 2.05) is 12.1 Å². The maximum atomic E-state index is 6.09. The molecule has 106 valence electrons. The number of aryl methyl sites for hydroxylation is 1. The zero-order chi connectivity index (χ0) is 14.7.